The first kappa shape index (κ1) is 26.4. The van der Waals surface area contributed by atoms with E-state index < -0.39 is 30.1 Å². The molecule has 41 heavy (non-hydrogen) atoms. The summed E-state index contributed by atoms with van der Waals surface area (Å²) in [7, 11) is 0. The van der Waals surface area contributed by atoms with Gasteiger partial charge in [0.25, 0.3) is 0 Å². The molecule has 2 aliphatic rings. The van der Waals surface area contributed by atoms with E-state index in [0.29, 0.717) is 27.4 Å². The van der Waals surface area contributed by atoms with Gasteiger partial charge < -0.3 is 20.6 Å². The van der Waals surface area contributed by atoms with Crippen LogP contribution in [0.4, 0.5) is 4.39 Å². The molecule has 2 fully saturated rings. The number of carboxylic acid groups (broad SMARTS) is 1. The van der Waals surface area contributed by atoms with Crippen LogP contribution in [0, 0.1) is 11.2 Å². The Balaban J connectivity index is 1.20. The van der Waals surface area contributed by atoms with Gasteiger partial charge in [-0.3, -0.25) is 28.5 Å². The summed E-state index contributed by atoms with van der Waals surface area (Å²) >= 11 is 0. The molecule has 4 aromatic rings. The lowest BCUT2D eigenvalue weighted by atomic mass is 9.60. The zero-order valence-electron chi connectivity index (χ0n) is 22.3. The van der Waals surface area contributed by atoms with Crippen LogP contribution in [0.3, 0.4) is 0 Å². The van der Waals surface area contributed by atoms with Crippen molar-refractivity contribution in [2.24, 2.45) is 5.41 Å². The second-order valence-corrected chi connectivity index (χ2v) is 10.9. The van der Waals surface area contributed by atoms with E-state index in [-0.39, 0.29) is 30.5 Å². The summed E-state index contributed by atoms with van der Waals surface area (Å²) in [6, 6.07) is 8.81. The number of halogens is 1. The summed E-state index contributed by atoms with van der Waals surface area (Å²) in [6.07, 6.45) is 5.10. The van der Waals surface area contributed by atoms with Gasteiger partial charge in [-0.2, -0.15) is 10.2 Å². The lowest BCUT2D eigenvalue weighted by molar-refractivity contribution is -0.151. The average Bonchev–Trinajstić information content (AvgIpc) is 3.48. The molecule has 1 spiro atoms. The number of nitrogens with zero attached hydrogens (tertiary/aromatic N) is 5. The highest BCUT2D eigenvalue weighted by atomic mass is 19.1. The number of hydrogen-bond acceptors (Lipinski definition) is 6. The van der Waals surface area contributed by atoms with Crippen LogP contribution in [-0.4, -0.2) is 79.4 Å². The van der Waals surface area contributed by atoms with Gasteiger partial charge in [0.2, 0.25) is 17.7 Å². The molecule has 1 aliphatic heterocycles. The maximum atomic E-state index is 15.4. The van der Waals surface area contributed by atoms with Crippen molar-refractivity contribution in [2.75, 3.05) is 26.2 Å². The molecule has 3 amide bonds. The Bertz CT molecular complexity index is 1710. The third-order valence-corrected chi connectivity index (χ3v) is 8.02. The molecule has 0 bridgehead atoms. The molecule has 212 valence electrons. The average molecular weight is 562 g/mol. The predicted molar refractivity (Wildman–Crippen MR) is 145 cm³/mol. The van der Waals surface area contributed by atoms with Crippen LogP contribution in [-0.2, 0) is 25.7 Å². The smallest absolute Gasteiger partial charge is 0.322 e. The molecule has 3 heterocycles. The second kappa shape index (κ2) is 9.98. The van der Waals surface area contributed by atoms with Crippen molar-refractivity contribution in [1.29, 1.82) is 0 Å². The first-order chi connectivity index (χ1) is 19.6. The highest BCUT2D eigenvalue weighted by Gasteiger charge is 2.54. The molecular formula is C28H28FN7O5. The third kappa shape index (κ3) is 4.87. The van der Waals surface area contributed by atoms with Crippen molar-refractivity contribution in [3.63, 3.8) is 0 Å². The first-order valence-electron chi connectivity index (χ1n) is 13.2. The van der Waals surface area contributed by atoms with Gasteiger partial charge in [-0.15, -0.1) is 0 Å². The minimum atomic E-state index is -1.18. The third-order valence-electron chi connectivity index (χ3n) is 8.02. The number of carbonyl (C=O) groups is 4. The Morgan fingerprint density at radius 3 is 2.49 bits per heavy atom. The number of benzene rings is 2. The Morgan fingerprint density at radius 1 is 1.00 bits per heavy atom. The zero-order chi connectivity index (χ0) is 28.9. The number of carboxylic acids is 1. The molecule has 1 saturated heterocycles. The van der Waals surface area contributed by atoms with Crippen LogP contribution in [0.5, 0.6) is 0 Å². The highest BCUT2D eigenvalue weighted by molar-refractivity contribution is 5.98. The fourth-order valence-electron chi connectivity index (χ4n) is 5.99. The lowest BCUT2D eigenvalue weighted by Gasteiger charge is -2.58. The zero-order valence-corrected chi connectivity index (χ0v) is 22.3. The number of hydrogen-bond donors (Lipinski definition) is 3. The Kier molecular flexibility index (Phi) is 6.43. The number of rotatable bonds is 8. The topological polar surface area (TPSA) is 151 Å². The number of aliphatic carboxylic acids is 1. The SMILES string of the molecule is CC(=O)N1CC2(CC(n3ncc4cc(F)c(-c5cccc6c5cnn6CC(=O)NCC(=O)NCC(=O)O)cc43)C2)C1. The van der Waals surface area contributed by atoms with Gasteiger partial charge in [0, 0.05) is 41.8 Å². The standard InChI is InChI=1S/C28H28FN7O5/c1-16(37)34-14-28(15-34)7-18(8-28)36-24-6-20(22(29)5-17(24)9-33-36)19-3-2-4-23-21(19)10-32-35(23)13-26(39)30-11-25(38)31-12-27(40)41/h2-6,9-10,18H,7-8,11-15H2,1H3,(H,30,39)(H,31,38)(H,40,41). The van der Waals surface area contributed by atoms with Crippen molar-refractivity contribution in [3.05, 3.63) is 48.5 Å². The summed E-state index contributed by atoms with van der Waals surface area (Å²) in [6.45, 7) is 2.06. The van der Waals surface area contributed by atoms with E-state index in [2.05, 4.69) is 20.8 Å². The second-order valence-electron chi connectivity index (χ2n) is 10.9. The van der Waals surface area contributed by atoms with Gasteiger partial charge in [0.15, 0.2) is 0 Å². The van der Waals surface area contributed by atoms with Crippen molar-refractivity contribution >= 4 is 45.5 Å². The molecule has 0 radical (unpaired) electrons. The van der Waals surface area contributed by atoms with Crippen molar-refractivity contribution < 1.29 is 28.7 Å². The van der Waals surface area contributed by atoms with Crippen LogP contribution < -0.4 is 10.6 Å². The largest absolute Gasteiger partial charge is 0.480 e. The van der Waals surface area contributed by atoms with Crippen molar-refractivity contribution in [2.45, 2.75) is 32.4 Å². The Hall–Kier alpha value is -4.81. The van der Waals surface area contributed by atoms with Crippen LogP contribution in [0.15, 0.2) is 42.7 Å². The molecule has 3 N–H and O–H groups in total. The fraction of sp³-hybridized carbons (Fsp3) is 0.357. The van der Waals surface area contributed by atoms with E-state index in [1.807, 2.05) is 9.58 Å². The van der Waals surface area contributed by atoms with Crippen LogP contribution in [0.1, 0.15) is 25.8 Å². The van der Waals surface area contributed by atoms with Gasteiger partial charge >= 0.3 is 5.97 Å². The van der Waals surface area contributed by atoms with E-state index in [9.17, 15) is 19.2 Å². The molecule has 1 aliphatic carbocycles. The van der Waals surface area contributed by atoms with E-state index in [1.54, 1.807) is 43.6 Å². The molecule has 6 rings (SSSR count). The molecule has 0 unspecified atom stereocenters. The van der Waals surface area contributed by atoms with Crippen molar-refractivity contribution in [1.82, 2.24) is 35.1 Å². The quantitative estimate of drug-likeness (QED) is 0.296. The monoisotopic (exact) mass is 561 g/mol. The number of fused-ring (bicyclic) bond motifs is 2. The van der Waals surface area contributed by atoms with E-state index in [1.165, 1.54) is 10.7 Å². The van der Waals surface area contributed by atoms with Gasteiger partial charge in [-0.25, -0.2) is 4.39 Å². The minimum absolute atomic E-state index is 0.0993. The molecule has 2 aromatic heterocycles. The maximum Gasteiger partial charge on any atom is 0.322 e. The van der Waals surface area contributed by atoms with Crippen molar-refractivity contribution in [3.8, 4) is 11.1 Å². The summed E-state index contributed by atoms with van der Waals surface area (Å²) in [5.74, 6) is -2.60. The van der Waals surface area contributed by atoms with Gasteiger partial charge in [-0.1, -0.05) is 12.1 Å². The van der Waals surface area contributed by atoms with E-state index >= 15 is 4.39 Å². The summed E-state index contributed by atoms with van der Waals surface area (Å²) < 4.78 is 18.8. The molecule has 1 saturated carbocycles. The minimum Gasteiger partial charge on any atom is -0.480 e. The predicted octanol–water partition coefficient (Wildman–Crippen LogP) is 1.69. The molecular weight excluding hydrogens is 533 g/mol. The normalized spacial score (nSPS) is 16.0. The van der Waals surface area contributed by atoms with Gasteiger partial charge in [-0.05, 0) is 36.6 Å². The summed E-state index contributed by atoms with van der Waals surface area (Å²) in [5, 5.41) is 23.5. The Labute approximate surface area is 233 Å². The molecule has 0 atom stereocenters. The Morgan fingerprint density at radius 2 is 1.76 bits per heavy atom. The number of amides is 3. The number of carbonyl (C=O) groups excluding carboxylic acids is 3. The number of nitrogens with one attached hydrogen (secondary N) is 2. The van der Waals surface area contributed by atoms with Crippen LogP contribution >= 0.6 is 0 Å². The maximum absolute atomic E-state index is 15.4. The first-order valence-corrected chi connectivity index (χ1v) is 13.2. The van der Waals surface area contributed by atoms with Crippen LogP contribution in [0.2, 0.25) is 0 Å². The van der Waals surface area contributed by atoms with Crippen LogP contribution in [0.25, 0.3) is 32.9 Å². The molecule has 13 heteroatoms. The number of likely N-dealkylation sites (tertiary alicyclic amines) is 1. The molecule has 2 aromatic carbocycles. The summed E-state index contributed by atoms with van der Waals surface area (Å²) in [5.41, 5.74) is 2.61. The molecule has 12 nitrogen and oxygen atoms in total. The highest BCUT2D eigenvalue weighted by Crippen LogP contribution is 2.54. The van der Waals surface area contributed by atoms with E-state index in [0.717, 1.165) is 31.4 Å². The lowest BCUT2D eigenvalue weighted by Crippen LogP contribution is -2.63. The summed E-state index contributed by atoms with van der Waals surface area (Å²) in [4.78, 5) is 48.1. The van der Waals surface area contributed by atoms with Gasteiger partial charge in [0.05, 0.1) is 36.0 Å². The van der Waals surface area contributed by atoms with Gasteiger partial charge in [0.1, 0.15) is 18.9 Å². The van der Waals surface area contributed by atoms with E-state index in [4.69, 9.17) is 5.11 Å². The number of aromatic nitrogens is 4. The fourth-order valence-corrected chi connectivity index (χ4v) is 5.99.